The van der Waals surface area contributed by atoms with Crippen LogP contribution in [0, 0.1) is 12.8 Å². The first-order chi connectivity index (χ1) is 16.8. The van der Waals surface area contributed by atoms with E-state index in [-0.39, 0.29) is 11.8 Å². The topological polar surface area (TPSA) is 132 Å². The second kappa shape index (κ2) is 12.2. The van der Waals surface area contributed by atoms with E-state index in [1.54, 1.807) is 7.11 Å². The fourth-order valence-corrected chi connectivity index (χ4v) is 3.68. The summed E-state index contributed by atoms with van der Waals surface area (Å²) in [5.74, 6) is 1.87. The van der Waals surface area contributed by atoms with Gasteiger partial charge in [-0.3, -0.25) is 9.20 Å². The number of ether oxygens (including phenoxy) is 2. The third kappa shape index (κ3) is 6.49. The number of carbonyl (C=O) groups is 2. The van der Waals surface area contributed by atoms with Gasteiger partial charge in [-0.05, 0) is 44.2 Å². The molecule has 1 aromatic carbocycles. The largest absolute Gasteiger partial charge is 0.497 e. The van der Waals surface area contributed by atoms with Crippen LogP contribution in [-0.4, -0.2) is 64.4 Å². The second-order valence-corrected chi connectivity index (χ2v) is 8.65. The number of unbranched alkanes of at least 4 members (excludes halogenated alkanes) is 1. The van der Waals surface area contributed by atoms with Crippen LogP contribution in [0.4, 0.5) is 10.6 Å². The average molecular weight is 486 g/mol. The van der Waals surface area contributed by atoms with Crippen molar-refractivity contribution in [1.29, 1.82) is 0 Å². The summed E-state index contributed by atoms with van der Waals surface area (Å²) in [6.07, 6.45) is 1.72. The van der Waals surface area contributed by atoms with Crippen molar-refractivity contribution in [2.45, 2.75) is 53.0 Å². The van der Waals surface area contributed by atoms with Crippen LogP contribution in [0.1, 0.15) is 45.9 Å². The van der Waals surface area contributed by atoms with Gasteiger partial charge in [-0.25, -0.2) is 9.78 Å². The zero-order valence-electron chi connectivity index (χ0n) is 21.1. The monoisotopic (exact) mass is 485 g/mol. The Labute approximate surface area is 205 Å². The van der Waals surface area contributed by atoms with Gasteiger partial charge in [0, 0.05) is 19.2 Å². The number of nitrogens with one attached hydrogen (secondary N) is 3. The molecule has 0 aliphatic heterocycles. The summed E-state index contributed by atoms with van der Waals surface area (Å²) < 4.78 is 12.3. The van der Waals surface area contributed by atoms with Crippen molar-refractivity contribution in [3.63, 3.8) is 0 Å². The quantitative estimate of drug-likeness (QED) is 0.334. The van der Waals surface area contributed by atoms with Crippen LogP contribution in [0.5, 0.6) is 5.75 Å². The minimum atomic E-state index is -0.638. The molecule has 3 rings (SSSR count). The first kappa shape index (κ1) is 26.0. The molecule has 0 radical (unpaired) electrons. The third-order valence-electron chi connectivity index (χ3n) is 5.55. The van der Waals surface area contributed by atoms with E-state index in [2.05, 4.69) is 26.1 Å². The normalized spacial score (nSPS) is 12.1. The molecule has 0 saturated heterocycles. The van der Waals surface area contributed by atoms with Gasteiger partial charge < -0.3 is 25.4 Å². The van der Waals surface area contributed by atoms with Crippen molar-refractivity contribution >= 4 is 34.5 Å². The standard InChI is InChI=1S/C24H35N7O4/c1-6-13-35-24(33)28-20(15(2)3)23(32)26-12-8-7-11-25-21-22-30-29-16(4)31(22)19-10-9-17(34-5)14-18(19)27-21/h9-10,14-15,20H,6-8,11-13H2,1-5H3,(H,25,27)(H,26,32)(H,28,33)/t20-/m0/s1. The number of hydrogen-bond donors (Lipinski definition) is 3. The Morgan fingerprint density at radius 3 is 2.63 bits per heavy atom. The van der Waals surface area contributed by atoms with E-state index < -0.39 is 12.1 Å². The number of carbonyl (C=O) groups excluding carboxylic acids is 2. The van der Waals surface area contributed by atoms with E-state index in [9.17, 15) is 9.59 Å². The molecule has 35 heavy (non-hydrogen) atoms. The summed E-state index contributed by atoms with van der Waals surface area (Å²) in [7, 11) is 1.62. The van der Waals surface area contributed by atoms with E-state index in [0.29, 0.717) is 31.2 Å². The highest BCUT2D eigenvalue weighted by atomic mass is 16.5. The fourth-order valence-electron chi connectivity index (χ4n) is 3.68. The molecular weight excluding hydrogens is 450 g/mol. The molecule has 0 spiro atoms. The minimum Gasteiger partial charge on any atom is -0.497 e. The average Bonchev–Trinajstić information content (AvgIpc) is 3.24. The maximum Gasteiger partial charge on any atom is 0.407 e. The molecule has 11 nitrogen and oxygen atoms in total. The van der Waals surface area contributed by atoms with Gasteiger partial charge in [-0.15, -0.1) is 10.2 Å². The molecule has 2 heterocycles. The Kier molecular flexibility index (Phi) is 9.04. The van der Waals surface area contributed by atoms with E-state index in [1.807, 2.05) is 50.3 Å². The van der Waals surface area contributed by atoms with Crippen LogP contribution in [0.2, 0.25) is 0 Å². The number of rotatable bonds is 12. The lowest BCUT2D eigenvalue weighted by molar-refractivity contribution is -0.124. The molecule has 3 aromatic rings. The maximum atomic E-state index is 12.5. The lowest BCUT2D eigenvalue weighted by Crippen LogP contribution is -2.50. The van der Waals surface area contributed by atoms with Crippen molar-refractivity contribution in [2.24, 2.45) is 5.92 Å². The van der Waals surface area contributed by atoms with E-state index >= 15 is 0 Å². The van der Waals surface area contributed by atoms with Gasteiger partial charge in [0.1, 0.15) is 17.6 Å². The number of aryl methyl sites for hydroxylation is 1. The predicted molar refractivity (Wildman–Crippen MR) is 134 cm³/mol. The summed E-state index contributed by atoms with van der Waals surface area (Å²) in [5.41, 5.74) is 2.34. The molecule has 0 saturated carbocycles. The van der Waals surface area contributed by atoms with Gasteiger partial charge in [0.25, 0.3) is 0 Å². The minimum absolute atomic E-state index is 0.0579. The maximum absolute atomic E-state index is 12.5. The molecular formula is C24H35N7O4. The van der Waals surface area contributed by atoms with Gasteiger partial charge in [0.15, 0.2) is 5.82 Å². The molecule has 0 fully saturated rings. The van der Waals surface area contributed by atoms with E-state index in [4.69, 9.17) is 14.5 Å². The third-order valence-corrected chi connectivity index (χ3v) is 5.55. The first-order valence-corrected chi connectivity index (χ1v) is 12.0. The molecule has 0 aliphatic carbocycles. The number of hydrogen-bond acceptors (Lipinski definition) is 8. The smallest absolute Gasteiger partial charge is 0.407 e. The Balaban J connectivity index is 1.53. The number of amides is 2. The summed E-state index contributed by atoms with van der Waals surface area (Å²) in [5, 5.41) is 17.4. The molecule has 0 aliphatic rings. The number of nitrogens with zero attached hydrogens (tertiary/aromatic N) is 4. The molecule has 2 amide bonds. The van der Waals surface area contributed by atoms with Gasteiger partial charge in [0.2, 0.25) is 11.6 Å². The van der Waals surface area contributed by atoms with Crippen LogP contribution in [0.15, 0.2) is 18.2 Å². The zero-order valence-corrected chi connectivity index (χ0v) is 21.1. The number of fused-ring (bicyclic) bond motifs is 3. The summed E-state index contributed by atoms with van der Waals surface area (Å²) in [4.78, 5) is 29.1. The summed E-state index contributed by atoms with van der Waals surface area (Å²) in [6, 6.07) is 5.07. The molecule has 1 atom stereocenters. The van der Waals surface area contributed by atoms with Crippen molar-refractivity contribution in [3.05, 3.63) is 24.0 Å². The number of anilines is 1. The molecule has 2 aromatic heterocycles. The van der Waals surface area contributed by atoms with Crippen LogP contribution in [0.3, 0.4) is 0 Å². The van der Waals surface area contributed by atoms with Crippen LogP contribution >= 0.6 is 0 Å². The SMILES string of the molecule is CCCOC(=O)N[C@H](C(=O)NCCCCNc1nc2cc(OC)ccc2n2c(C)nnc12)C(C)C. The van der Waals surface area contributed by atoms with Crippen LogP contribution < -0.4 is 20.7 Å². The molecule has 11 heteroatoms. The van der Waals surface area contributed by atoms with Crippen molar-refractivity contribution in [3.8, 4) is 5.75 Å². The Morgan fingerprint density at radius 2 is 1.91 bits per heavy atom. The molecule has 190 valence electrons. The Morgan fingerprint density at radius 1 is 1.14 bits per heavy atom. The molecule has 3 N–H and O–H groups in total. The Bertz CT molecular complexity index is 1160. The van der Waals surface area contributed by atoms with Crippen molar-refractivity contribution in [2.75, 3.05) is 32.1 Å². The van der Waals surface area contributed by atoms with E-state index in [1.165, 1.54) is 0 Å². The van der Waals surface area contributed by atoms with E-state index in [0.717, 1.165) is 41.9 Å². The summed E-state index contributed by atoms with van der Waals surface area (Å²) >= 11 is 0. The zero-order chi connectivity index (χ0) is 25.4. The fraction of sp³-hybridized carbons (Fsp3) is 0.542. The second-order valence-electron chi connectivity index (χ2n) is 8.65. The van der Waals surface area contributed by atoms with Crippen LogP contribution in [0.25, 0.3) is 16.7 Å². The Hall–Kier alpha value is -3.63. The highest BCUT2D eigenvalue weighted by molar-refractivity contribution is 5.86. The van der Waals surface area contributed by atoms with Crippen LogP contribution in [-0.2, 0) is 9.53 Å². The molecule has 0 unspecified atom stereocenters. The van der Waals surface area contributed by atoms with Gasteiger partial charge in [-0.1, -0.05) is 20.8 Å². The first-order valence-electron chi connectivity index (χ1n) is 12.0. The van der Waals surface area contributed by atoms with Gasteiger partial charge >= 0.3 is 6.09 Å². The van der Waals surface area contributed by atoms with Gasteiger partial charge in [-0.2, -0.15) is 0 Å². The highest BCUT2D eigenvalue weighted by Crippen LogP contribution is 2.25. The summed E-state index contributed by atoms with van der Waals surface area (Å²) in [6.45, 7) is 9.05. The lowest BCUT2D eigenvalue weighted by atomic mass is 10.0. The van der Waals surface area contributed by atoms with Crippen molar-refractivity contribution < 1.29 is 19.1 Å². The van der Waals surface area contributed by atoms with Gasteiger partial charge in [0.05, 0.1) is 24.8 Å². The predicted octanol–water partition coefficient (Wildman–Crippen LogP) is 3.06. The number of alkyl carbamates (subject to hydrolysis) is 1. The number of methoxy groups -OCH3 is 1. The number of benzene rings is 1. The lowest BCUT2D eigenvalue weighted by Gasteiger charge is -2.21. The number of aromatic nitrogens is 4. The molecule has 0 bridgehead atoms. The highest BCUT2D eigenvalue weighted by Gasteiger charge is 2.24. The van der Waals surface area contributed by atoms with Crippen molar-refractivity contribution in [1.82, 2.24) is 30.2 Å².